The van der Waals surface area contributed by atoms with Gasteiger partial charge in [-0.15, -0.1) is 0 Å². The minimum atomic E-state index is -0.451. The third-order valence-electron chi connectivity index (χ3n) is 9.44. The predicted molar refractivity (Wildman–Crippen MR) is 205 cm³/mol. The third-order valence-corrected chi connectivity index (χ3v) is 9.44. The first-order valence-electron chi connectivity index (χ1n) is 17.3. The average Bonchev–Trinajstić information content (AvgIpc) is 3.94. The van der Waals surface area contributed by atoms with Gasteiger partial charge in [0.1, 0.15) is 28.3 Å². The standard InChI is InChI=1S/C42H28N8O4/c1-3-53-42(51)22-19-20-30(32(21-22)52-2)54-31-18-10-17-29-33(31)41-49-39-28-16-9-8-15-27(28)37(47-39)45-35-24-12-5-4-11-23(24)34(43-35)44-36-25-13-6-7-14-26(25)38(46-36)48-40(29)50-41/h4-21H,3H2,1-2H3,(H2,43,44,45,46,47,48,49,50). The van der Waals surface area contributed by atoms with Gasteiger partial charge in [0.2, 0.25) is 0 Å². The number of carbonyl (C=O) groups excluding carboxylic acids is 1. The summed E-state index contributed by atoms with van der Waals surface area (Å²) in [7, 11) is 1.52. The van der Waals surface area contributed by atoms with E-state index in [2.05, 4.69) is 9.97 Å². The van der Waals surface area contributed by atoms with E-state index in [0.29, 0.717) is 74.1 Å². The maximum Gasteiger partial charge on any atom is 0.338 e. The molecule has 54 heavy (non-hydrogen) atoms. The highest BCUT2D eigenvalue weighted by Gasteiger charge is 2.23. The molecule has 2 N–H and O–H groups in total. The highest BCUT2D eigenvalue weighted by molar-refractivity contribution is 6.09. The molecule has 10 rings (SSSR count). The second kappa shape index (κ2) is 12.3. The Balaban J connectivity index is 1.29. The van der Waals surface area contributed by atoms with Crippen molar-refractivity contribution < 1.29 is 19.0 Å². The van der Waals surface area contributed by atoms with Gasteiger partial charge >= 0.3 is 5.97 Å². The number of aromatic amines is 2. The molecule has 5 aromatic carbocycles. The summed E-state index contributed by atoms with van der Waals surface area (Å²) in [6.07, 6.45) is 0. The quantitative estimate of drug-likeness (QED) is 0.166. The Morgan fingerprint density at radius 1 is 0.537 bits per heavy atom. The number of benzene rings is 5. The largest absolute Gasteiger partial charge is 0.493 e. The van der Waals surface area contributed by atoms with E-state index in [4.69, 9.17) is 44.1 Å². The number of hydrogen-bond acceptors (Lipinski definition) is 10. The summed E-state index contributed by atoms with van der Waals surface area (Å²) in [6, 6.07) is 34.4. The lowest BCUT2D eigenvalue weighted by atomic mass is 10.1. The maximum atomic E-state index is 12.5. The first-order valence-corrected chi connectivity index (χ1v) is 17.3. The van der Waals surface area contributed by atoms with E-state index in [0.717, 1.165) is 38.4 Å². The second-order valence-corrected chi connectivity index (χ2v) is 12.6. The summed E-state index contributed by atoms with van der Waals surface area (Å²) in [5.41, 5.74) is 5.96. The van der Waals surface area contributed by atoms with Gasteiger partial charge in [-0.05, 0) is 31.2 Å². The molecule has 12 heteroatoms. The van der Waals surface area contributed by atoms with Crippen LogP contribution < -0.4 is 9.47 Å². The molecule has 3 aromatic heterocycles. The molecule has 0 saturated heterocycles. The van der Waals surface area contributed by atoms with Gasteiger partial charge in [0.15, 0.2) is 34.8 Å². The Kier molecular flexibility index (Phi) is 7.15. The topological polar surface area (TPSA) is 154 Å². The fraction of sp³-hybridized carbons (Fsp3) is 0.0714. The molecule has 0 saturated carbocycles. The van der Waals surface area contributed by atoms with Crippen LogP contribution in [0.1, 0.15) is 17.3 Å². The van der Waals surface area contributed by atoms with Crippen LogP contribution in [0.5, 0.6) is 17.2 Å². The third kappa shape index (κ3) is 5.03. The highest BCUT2D eigenvalue weighted by Crippen LogP contribution is 2.41. The Hall–Kier alpha value is -7.47. The van der Waals surface area contributed by atoms with Gasteiger partial charge in [0, 0.05) is 38.4 Å². The van der Waals surface area contributed by atoms with E-state index >= 15 is 0 Å². The van der Waals surface area contributed by atoms with Crippen LogP contribution in [0, 0.1) is 0 Å². The van der Waals surface area contributed by atoms with Crippen LogP contribution in [-0.2, 0) is 4.74 Å². The molecule has 0 fully saturated rings. The van der Waals surface area contributed by atoms with Crippen molar-refractivity contribution in [3.63, 3.8) is 0 Å². The van der Waals surface area contributed by atoms with Crippen LogP contribution in [-0.4, -0.2) is 59.6 Å². The molecule has 5 heterocycles. The smallest absolute Gasteiger partial charge is 0.338 e. The molecule has 2 aliphatic rings. The number of carbonyl (C=O) groups is 1. The molecular formula is C42H28N8O4. The molecule has 0 unspecified atom stereocenters. The lowest BCUT2D eigenvalue weighted by Gasteiger charge is -2.12. The van der Waals surface area contributed by atoms with Gasteiger partial charge in [-0.25, -0.2) is 34.7 Å². The molecule has 260 valence electrons. The fourth-order valence-corrected chi connectivity index (χ4v) is 6.96. The van der Waals surface area contributed by atoms with Crippen LogP contribution in [0.4, 0.5) is 0 Å². The second-order valence-electron chi connectivity index (χ2n) is 12.6. The van der Waals surface area contributed by atoms with Crippen LogP contribution in [0.25, 0.3) is 89.7 Å². The van der Waals surface area contributed by atoms with Crippen molar-refractivity contribution in [1.82, 2.24) is 39.9 Å². The summed E-state index contributed by atoms with van der Waals surface area (Å²) in [4.78, 5) is 49.7. The van der Waals surface area contributed by atoms with Crippen molar-refractivity contribution in [3.05, 3.63) is 115 Å². The zero-order valence-corrected chi connectivity index (χ0v) is 28.9. The SMILES string of the molecule is CCOC(=O)c1ccc(Oc2cccc3c4nc5nc(nc6[nH]c(nc7nc(nc([nH]4)c23)-c2ccccc2-7)c2ccccc62)-c2ccccc2-5)c(OC)c1. The first-order chi connectivity index (χ1) is 26.6. The molecular weight excluding hydrogens is 681 g/mol. The lowest BCUT2D eigenvalue weighted by Crippen LogP contribution is -2.05. The van der Waals surface area contributed by atoms with E-state index < -0.39 is 5.97 Å². The van der Waals surface area contributed by atoms with Gasteiger partial charge in [0.25, 0.3) is 0 Å². The summed E-state index contributed by atoms with van der Waals surface area (Å²) in [5, 5.41) is 3.21. The average molecular weight is 709 g/mol. The number of nitrogens with zero attached hydrogens (tertiary/aromatic N) is 6. The lowest BCUT2D eigenvalue weighted by molar-refractivity contribution is 0.0526. The van der Waals surface area contributed by atoms with Crippen molar-refractivity contribution in [2.45, 2.75) is 6.92 Å². The van der Waals surface area contributed by atoms with Crippen molar-refractivity contribution >= 4 is 50.1 Å². The number of nitrogens with one attached hydrogen (secondary N) is 2. The Morgan fingerprint density at radius 2 is 1.04 bits per heavy atom. The molecule has 8 bridgehead atoms. The minimum Gasteiger partial charge on any atom is -0.493 e. The van der Waals surface area contributed by atoms with E-state index in [1.165, 1.54) is 7.11 Å². The van der Waals surface area contributed by atoms with Crippen LogP contribution in [0.3, 0.4) is 0 Å². The zero-order valence-electron chi connectivity index (χ0n) is 28.9. The van der Waals surface area contributed by atoms with E-state index in [-0.39, 0.29) is 6.61 Å². The van der Waals surface area contributed by atoms with Gasteiger partial charge < -0.3 is 24.2 Å². The summed E-state index contributed by atoms with van der Waals surface area (Å²) >= 11 is 0. The van der Waals surface area contributed by atoms with Gasteiger partial charge in [0.05, 0.1) is 24.7 Å². The molecule has 0 aliphatic carbocycles. The van der Waals surface area contributed by atoms with Crippen molar-refractivity contribution in [3.8, 4) is 62.8 Å². The molecule has 0 radical (unpaired) electrons. The van der Waals surface area contributed by atoms with E-state index in [1.807, 2.05) is 91.0 Å². The first kappa shape index (κ1) is 31.3. The molecule has 8 aromatic rings. The Labute approximate surface area is 306 Å². The molecule has 0 spiro atoms. The van der Waals surface area contributed by atoms with Crippen molar-refractivity contribution in [1.29, 1.82) is 0 Å². The van der Waals surface area contributed by atoms with Gasteiger partial charge in [-0.2, -0.15) is 0 Å². The zero-order chi connectivity index (χ0) is 36.3. The summed E-state index contributed by atoms with van der Waals surface area (Å²) in [6.45, 7) is 2.02. The molecule has 2 aliphatic heterocycles. The molecule has 0 amide bonds. The van der Waals surface area contributed by atoms with Crippen LogP contribution in [0.15, 0.2) is 109 Å². The summed E-state index contributed by atoms with van der Waals surface area (Å²) in [5.74, 6) is 2.78. The van der Waals surface area contributed by atoms with Gasteiger partial charge in [-0.3, -0.25) is 0 Å². The Bertz CT molecular complexity index is 3020. The molecule has 0 atom stereocenters. The van der Waals surface area contributed by atoms with Crippen molar-refractivity contribution in [2.75, 3.05) is 13.7 Å². The number of hydrogen-bond donors (Lipinski definition) is 2. The maximum absolute atomic E-state index is 12.5. The van der Waals surface area contributed by atoms with E-state index in [9.17, 15) is 4.79 Å². The highest BCUT2D eigenvalue weighted by atomic mass is 16.5. The number of aromatic nitrogens is 8. The van der Waals surface area contributed by atoms with Crippen molar-refractivity contribution in [2.24, 2.45) is 0 Å². The normalized spacial score (nSPS) is 11.7. The fourth-order valence-electron chi connectivity index (χ4n) is 6.96. The number of methoxy groups -OCH3 is 1. The number of fused-ring (bicyclic) bond motifs is 20. The molecule has 12 nitrogen and oxygen atoms in total. The van der Waals surface area contributed by atoms with E-state index in [1.54, 1.807) is 25.1 Å². The number of rotatable bonds is 5. The van der Waals surface area contributed by atoms with Gasteiger partial charge in [-0.1, -0.05) is 84.9 Å². The minimum absolute atomic E-state index is 0.257. The Morgan fingerprint density at radius 3 is 1.59 bits per heavy atom. The number of esters is 1. The van der Waals surface area contributed by atoms with Crippen LogP contribution >= 0.6 is 0 Å². The number of ether oxygens (including phenoxy) is 3. The summed E-state index contributed by atoms with van der Waals surface area (Å²) < 4.78 is 17.4. The predicted octanol–water partition coefficient (Wildman–Crippen LogP) is 8.85. The number of H-pyrrole nitrogens is 2. The monoisotopic (exact) mass is 708 g/mol. The van der Waals surface area contributed by atoms with Crippen LogP contribution in [0.2, 0.25) is 0 Å².